The van der Waals surface area contributed by atoms with Crippen molar-refractivity contribution < 1.29 is 35.2 Å². The van der Waals surface area contributed by atoms with Gasteiger partial charge in [-0.05, 0) is 60.4 Å². The molecule has 0 saturated carbocycles. The fourth-order valence-corrected chi connectivity index (χ4v) is 6.73. The second kappa shape index (κ2) is 12.7. The summed E-state index contributed by atoms with van der Waals surface area (Å²) in [6.45, 7) is 0.441. The van der Waals surface area contributed by atoms with E-state index in [1.165, 1.54) is 7.11 Å². The van der Waals surface area contributed by atoms with Crippen LogP contribution in [-0.4, -0.2) is 45.3 Å². The molecule has 0 amide bonds. The van der Waals surface area contributed by atoms with Gasteiger partial charge in [-0.1, -0.05) is 48.5 Å². The van der Waals surface area contributed by atoms with Gasteiger partial charge in [-0.25, -0.2) is 0 Å². The van der Waals surface area contributed by atoms with Gasteiger partial charge in [-0.3, -0.25) is 9.11 Å². The summed E-state index contributed by atoms with van der Waals surface area (Å²) >= 11 is 0. The molecule has 0 fully saturated rings. The van der Waals surface area contributed by atoms with Crippen LogP contribution in [0.5, 0.6) is 5.75 Å². The highest BCUT2D eigenvalue weighted by Gasteiger charge is 2.32. The van der Waals surface area contributed by atoms with Gasteiger partial charge in [0.2, 0.25) is 11.2 Å². The van der Waals surface area contributed by atoms with Crippen LogP contribution in [0.4, 0.5) is 5.69 Å². The first-order valence-corrected chi connectivity index (χ1v) is 16.9. The fourth-order valence-electron chi connectivity index (χ4n) is 5.32. The standard InChI is InChI=1S/C32H32N2O7S2/c1-41-29-18-14-26(15-19-29)32(43(38,39)40)23-34-28(17-13-25-9-3-5-11-31(25)34)22-27-16-12-24-8-2-4-10-30(24)33(27)20-6-7-21-42(35,36)37/h2-5,8-19,22,32H,6-7,20-21,23H2,1H3,(H-,35,36,37,38,39,40)/p+1. The minimum atomic E-state index is -4.51. The zero-order chi connectivity index (χ0) is 30.6. The number of allylic oxidation sites excluding steroid dienone is 1. The number of methoxy groups -OCH3 is 1. The number of benzene rings is 3. The number of pyridine rings is 1. The zero-order valence-corrected chi connectivity index (χ0v) is 25.2. The van der Waals surface area contributed by atoms with Crippen molar-refractivity contribution in [2.45, 2.75) is 24.6 Å². The van der Waals surface area contributed by atoms with Crippen LogP contribution in [0.2, 0.25) is 0 Å². The van der Waals surface area contributed by atoms with Crippen LogP contribution < -0.4 is 14.2 Å². The molecule has 9 nitrogen and oxygen atoms in total. The molecule has 5 rings (SSSR count). The highest BCUT2D eigenvalue weighted by Crippen LogP contribution is 2.32. The fraction of sp³-hybridized carbons (Fsp3) is 0.219. The van der Waals surface area contributed by atoms with E-state index in [0.29, 0.717) is 36.4 Å². The molecule has 0 aliphatic carbocycles. The topological polar surface area (TPSA) is 125 Å². The number of anilines is 1. The summed E-state index contributed by atoms with van der Waals surface area (Å²) in [6, 6.07) is 26.0. The number of para-hydroxylation sites is 2. The Labute approximate surface area is 251 Å². The van der Waals surface area contributed by atoms with Gasteiger partial charge < -0.3 is 9.64 Å². The molecule has 1 unspecified atom stereocenters. The van der Waals surface area contributed by atoms with Gasteiger partial charge in [0, 0.05) is 41.5 Å². The van der Waals surface area contributed by atoms with Crippen molar-refractivity contribution in [1.82, 2.24) is 0 Å². The van der Waals surface area contributed by atoms with Crippen LogP contribution in [-0.2, 0) is 26.8 Å². The minimum Gasteiger partial charge on any atom is -0.497 e. The van der Waals surface area contributed by atoms with Gasteiger partial charge in [0.05, 0.1) is 12.9 Å². The molecule has 0 spiro atoms. The van der Waals surface area contributed by atoms with Gasteiger partial charge in [-0.15, -0.1) is 0 Å². The van der Waals surface area contributed by atoms with Crippen molar-refractivity contribution in [1.29, 1.82) is 0 Å². The number of unbranched alkanes of at least 4 members (excludes halogenated alkanes) is 1. The van der Waals surface area contributed by atoms with Crippen molar-refractivity contribution in [3.8, 4) is 5.75 Å². The minimum absolute atomic E-state index is 0.0553. The molecule has 1 aromatic heterocycles. The third kappa shape index (κ3) is 7.31. The maximum atomic E-state index is 12.8. The van der Waals surface area contributed by atoms with Crippen molar-refractivity contribution >= 4 is 49.0 Å². The van der Waals surface area contributed by atoms with E-state index in [9.17, 15) is 25.9 Å². The number of aromatic nitrogens is 1. The average molecular weight is 622 g/mol. The molecule has 1 aliphatic heterocycles. The number of hydrogen-bond acceptors (Lipinski definition) is 6. The lowest BCUT2D eigenvalue weighted by atomic mass is 10.0. The Morgan fingerprint density at radius 3 is 2.30 bits per heavy atom. The summed E-state index contributed by atoms with van der Waals surface area (Å²) in [7, 11) is -7.04. The van der Waals surface area contributed by atoms with E-state index in [2.05, 4.69) is 4.90 Å². The zero-order valence-electron chi connectivity index (χ0n) is 23.6. The highest BCUT2D eigenvalue weighted by atomic mass is 32.2. The third-order valence-corrected chi connectivity index (χ3v) is 9.42. The predicted molar refractivity (Wildman–Crippen MR) is 168 cm³/mol. The van der Waals surface area contributed by atoms with Crippen molar-refractivity contribution in [3.05, 3.63) is 114 Å². The Morgan fingerprint density at radius 1 is 0.860 bits per heavy atom. The molecule has 0 saturated heterocycles. The highest BCUT2D eigenvalue weighted by molar-refractivity contribution is 7.86. The van der Waals surface area contributed by atoms with E-state index in [-0.39, 0.29) is 12.3 Å². The van der Waals surface area contributed by atoms with Crippen LogP contribution in [0.15, 0.2) is 96.7 Å². The maximum Gasteiger partial charge on any atom is 0.278 e. The molecular formula is C32H33N2O7S2+. The molecule has 3 aromatic carbocycles. The Hall–Kier alpha value is -4.03. The number of nitrogens with zero attached hydrogens (tertiary/aromatic N) is 2. The molecule has 0 bridgehead atoms. The Kier molecular flexibility index (Phi) is 8.97. The molecule has 1 aliphatic rings. The molecule has 0 radical (unpaired) electrons. The smallest absolute Gasteiger partial charge is 0.278 e. The average Bonchev–Trinajstić information content (AvgIpc) is 2.98. The molecule has 2 heterocycles. The second-order valence-electron chi connectivity index (χ2n) is 10.3. The van der Waals surface area contributed by atoms with Crippen molar-refractivity contribution in [3.63, 3.8) is 0 Å². The molecular weight excluding hydrogens is 588 g/mol. The lowest BCUT2D eigenvalue weighted by Crippen LogP contribution is -2.42. The summed E-state index contributed by atoms with van der Waals surface area (Å²) in [5, 5.41) is -0.342. The molecule has 11 heteroatoms. The number of fused-ring (bicyclic) bond motifs is 2. The lowest BCUT2D eigenvalue weighted by Gasteiger charge is -2.30. The number of rotatable bonds is 11. The number of hydrogen-bond donors (Lipinski definition) is 2. The first-order valence-electron chi connectivity index (χ1n) is 13.8. The first-order chi connectivity index (χ1) is 20.5. The van der Waals surface area contributed by atoms with E-state index in [1.807, 2.05) is 83.5 Å². The second-order valence-corrected chi connectivity index (χ2v) is 13.5. The van der Waals surface area contributed by atoms with Gasteiger partial charge >= 0.3 is 0 Å². The van der Waals surface area contributed by atoms with E-state index < -0.39 is 25.5 Å². The summed E-state index contributed by atoms with van der Waals surface area (Å²) in [4.78, 5) is 2.09. The van der Waals surface area contributed by atoms with Gasteiger partial charge in [-0.2, -0.15) is 21.4 Å². The first kappa shape index (κ1) is 30.4. The Balaban J connectivity index is 1.59. The maximum absolute atomic E-state index is 12.8. The largest absolute Gasteiger partial charge is 0.497 e. The quantitative estimate of drug-likeness (QED) is 0.131. The van der Waals surface area contributed by atoms with E-state index in [1.54, 1.807) is 24.3 Å². The molecule has 43 heavy (non-hydrogen) atoms. The SMILES string of the molecule is COc1ccc(C(C[n+]2c(C=C3C=Cc4ccccc4N3CCCCS(=O)(=O)O)ccc3ccccc32)S(=O)(=O)O)cc1. The summed E-state index contributed by atoms with van der Waals surface area (Å²) in [5.74, 6) is 0.256. The van der Waals surface area contributed by atoms with E-state index in [0.717, 1.165) is 27.9 Å². The lowest BCUT2D eigenvalue weighted by molar-refractivity contribution is -0.673. The normalized spacial score (nSPS) is 15.0. The molecule has 1 atom stereocenters. The molecule has 224 valence electrons. The summed E-state index contributed by atoms with van der Waals surface area (Å²) in [5.41, 5.74) is 4.70. The molecule has 2 N–H and O–H groups in total. The summed E-state index contributed by atoms with van der Waals surface area (Å²) in [6.07, 6.45) is 6.73. The Bertz CT molecular complexity index is 1900. The predicted octanol–water partition coefficient (Wildman–Crippen LogP) is 5.31. The van der Waals surface area contributed by atoms with E-state index >= 15 is 0 Å². The van der Waals surface area contributed by atoms with Crippen molar-refractivity contribution in [2.24, 2.45) is 0 Å². The van der Waals surface area contributed by atoms with Crippen LogP contribution in [0, 0.1) is 0 Å². The monoisotopic (exact) mass is 621 g/mol. The molecule has 4 aromatic rings. The number of ether oxygens (including phenoxy) is 1. The Morgan fingerprint density at radius 2 is 1.58 bits per heavy atom. The van der Waals surface area contributed by atoms with Crippen LogP contribution >= 0.6 is 0 Å². The van der Waals surface area contributed by atoms with Gasteiger partial charge in [0.25, 0.3) is 20.2 Å². The van der Waals surface area contributed by atoms with Crippen LogP contribution in [0.3, 0.4) is 0 Å². The van der Waals surface area contributed by atoms with E-state index in [4.69, 9.17) is 4.74 Å². The van der Waals surface area contributed by atoms with Crippen LogP contribution in [0.25, 0.3) is 23.1 Å². The summed E-state index contributed by atoms with van der Waals surface area (Å²) < 4.78 is 74.7. The van der Waals surface area contributed by atoms with Gasteiger partial charge in [0.15, 0.2) is 11.8 Å². The van der Waals surface area contributed by atoms with Gasteiger partial charge in [0.1, 0.15) is 5.75 Å². The third-order valence-electron chi connectivity index (χ3n) is 7.47. The van der Waals surface area contributed by atoms with Crippen molar-refractivity contribution in [2.75, 3.05) is 24.3 Å². The van der Waals surface area contributed by atoms with Crippen LogP contribution in [0.1, 0.15) is 34.9 Å².